The highest BCUT2D eigenvalue weighted by molar-refractivity contribution is 6.35. The highest BCUT2D eigenvalue weighted by Crippen LogP contribution is 2.27. The number of amides is 1. The van der Waals surface area contributed by atoms with Crippen molar-refractivity contribution in [1.82, 2.24) is 5.32 Å². The van der Waals surface area contributed by atoms with Crippen LogP contribution in [0.2, 0.25) is 10.0 Å². The third-order valence-electron chi connectivity index (χ3n) is 3.20. The van der Waals surface area contributed by atoms with Gasteiger partial charge in [-0.3, -0.25) is 4.79 Å². The van der Waals surface area contributed by atoms with E-state index in [2.05, 4.69) is 5.32 Å². The van der Waals surface area contributed by atoms with Gasteiger partial charge in [0.05, 0.1) is 11.1 Å². The van der Waals surface area contributed by atoms with Crippen LogP contribution < -0.4 is 10.1 Å². The zero-order chi connectivity index (χ0) is 15.9. The van der Waals surface area contributed by atoms with Crippen LogP contribution in [0.3, 0.4) is 0 Å². The smallest absolute Gasteiger partial charge is 0.258 e. The molecule has 5 heteroatoms. The van der Waals surface area contributed by atoms with E-state index in [1.54, 1.807) is 18.2 Å². The number of hydrogen-bond donors (Lipinski definition) is 1. The zero-order valence-corrected chi connectivity index (χ0v) is 13.7. The van der Waals surface area contributed by atoms with Crippen molar-refractivity contribution >= 4 is 29.1 Å². The van der Waals surface area contributed by atoms with Crippen LogP contribution in [0.4, 0.5) is 0 Å². The summed E-state index contributed by atoms with van der Waals surface area (Å²) < 4.78 is 5.43. The van der Waals surface area contributed by atoms with Crippen LogP contribution in [-0.4, -0.2) is 12.5 Å². The van der Waals surface area contributed by atoms with Gasteiger partial charge in [-0.1, -0.05) is 60.5 Å². The molecule has 1 atom stereocenters. The average Bonchev–Trinajstić information content (AvgIpc) is 2.52. The van der Waals surface area contributed by atoms with E-state index in [4.69, 9.17) is 27.9 Å². The molecular formula is C17H17Cl2NO2. The lowest BCUT2D eigenvalue weighted by Gasteiger charge is -2.17. The highest BCUT2D eigenvalue weighted by Gasteiger charge is 2.13. The maximum atomic E-state index is 12.0. The predicted octanol–water partition coefficient (Wildman–Crippen LogP) is 4.64. The van der Waals surface area contributed by atoms with Gasteiger partial charge < -0.3 is 10.1 Å². The lowest BCUT2D eigenvalue weighted by Crippen LogP contribution is -2.32. The van der Waals surface area contributed by atoms with Crippen LogP contribution >= 0.6 is 23.2 Å². The minimum Gasteiger partial charge on any atom is -0.482 e. The van der Waals surface area contributed by atoms with E-state index in [0.717, 1.165) is 12.0 Å². The van der Waals surface area contributed by atoms with Crippen LogP contribution in [0.1, 0.15) is 24.9 Å². The Morgan fingerprint density at radius 3 is 2.55 bits per heavy atom. The number of carbonyl (C=O) groups is 1. The Morgan fingerprint density at radius 2 is 1.91 bits per heavy atom. The summed E-state index contributed by atoms with van der Waals surface area (Å²) in [6, 6.07) is 14.7. The SMILES string of the molecule is CC[C@@H](NC(=O)COc1ccc(Cl)cc1Cl)c1ccccc1. The van der Waals surface area contributed by atoms with Crippen molar-refractivity contribution in [3.8, 4) is 5.75 Å². The molecule has 0 aliphatic heterocycles. The first-order valence-corrected chi connectivity index (χ1v) is 7.78. The van der Waals surface area contributed by atoms with Gasteiger partial charge in [-0.25, -0.2) is 0 Å². The van der Waals surface area contributed by atoms with Gasteiger partial charge in [0.25, 0.3) is 5.91 Å². The molecule has 2 aromatic carbocycles. The molecule has 1 amide bonds. The summed E-state index contributed by atoms with van der Waals surface area (Å²) in [5, 5.41) is 3.86. The molecule has 1 N–H and O–H groups in total. The Labute approximate surface area is 140 Å². The second-order valence-electron chi connectivity index (χ2n) is 4.80. The number of carbonyl (C=O) groups excluding carboxylic acids is 1. The van der Waals surface area contributed by atoms with Gasteiger partial charge in [-0.05, 0) is 30.2 Å². The van der Waals surface area contributed by atoms with Gasteiger partial charge in [0.15, 0.2) is 6.61 Å². The molecule has 0 saturated carbocycles. The summed E-state index contributed by atoms with van der Waals surface area (Å²) >= 11 is 11.8. The molecule has 0 heterocycles. The van der Waals surface area contributed by atoms with Crippen molar-refractivity contribution in [3.05, 3.63) is 64.1 Å². The van der Waals surface area contributed by atoms with E-state index in [-0.39, 0.29) is 18.6 Å². The van der Waals surface area contributed by atoms with E-state index in [1.807, 2.05) is 37.3 Å². The van der Waals surface area contributed by atoms with Crippen LogP contribution in [0.15, 0.2) is 48.5 Å². The van der Waals surface area contributed by atoms with Gasteiger partial charge in [0.2, 0.25) is 0 Å². The van der Waals surface area contributed by atoms with Crippen molar-refractivity contribution in [2.45, 2.75) is 19.4 Å². The van der Waals surface area contributed by atoms with Gasteiger partial charge in [-0.15, -0.1) is 0 Å². The fourth-order valence-electron chi connectivity index (χ4n) is 2.08. The van der Waals surface area contributed by atoms with Gasteiger partial charge in [0.1, 0.15) is 5.75 Å². The molecule has 2 rings (SSSR count). The van der Waals surface area contributed by atoms with Crippen molar-refractivity contribution < 1.29 is 9.53 Å². The second-order valence-corrected chi connectivity index (χ2v) is 5.65. The minimum absolute atomic E-state index is 0.0296. The van der Waals surface area contributed by atoms with Crippen molar-refractivity contribution in [3.63, 3.8) is 0 Å². The molecule has 0 aliphatic rings. The quantitative estimate of drug-likeness (QED) is 0.833. The molecule has 3 nitrogen and oxygen atoms in total. The molecule has 0 saturated heterocycles. The Bertz CT molecular complexity index is 632. The Balaban J connectivity index is 1.92. The molecule has 0 unspecified atom stereocenters. The summed E-state index contributed by atoms with van der Waals surface area (Å²) in [5.41, 5.74) is 1.07. The largest absolute Gasteiger partial charge is 0.482 e. The molecule has 22 heavy (non-hydrogen) atoms. The topological polar surface area (TPSA) is 38.3 Å². The Kier molecular flexibility index (Phi) is 6.10. The normalized spacial score (nSPS) is 11.8. The number of halogens is 2. The second kappa shape index (κ2) is 8.06. The van der Waals surface area contributed by atoms with Crippen molar-refractivity contribution in [1.29, 1.82) is 0 Å². The van der Waals surface area contributed by atoms with Crippen LogP contribution in [0.5, 0.6) is 5.75 Å². The molecule has 0 aliphatic carbocycles. The summed E-state index contributed by atoms with van der Waals surface area (Å²) in [5.74, 6) is 0.246. The van der Waals surface area contributed by atoms with E-state index >= 15 is 0 Å². The fraction of sp³-hybridized carbons (Fsp3) is 0.235. The maximum absolute atomic E-state index is 12.0. The number of ether oxygens (including phenoxy) is 1. The van der Waals surface area contributed by atoms with E-state index < -0.39 is 0 Å². The lowest BCUT2D eigenvalue weighted by molar-refractivity contribution is -0.123. The third-order valence-corrected chi connectivity index (χ3v) is 3.73. The van der Waals surface area contributed by atoms with Crippen LogP contribution in [-0.2, 0) is 4.79 Å². The molecule has 116 valence electrons. The molecule has 0 radical (unpaired) electrons. The summed E-state index contributed by atoms with van der Waals surface area (Å²) in [6.45, 7) is 1.93. The van der Waals surface area contributed by atoms with Gasteiger partial charge in [-0.2, -0.15) is 0 Å². The van der Waals surface area contributed by atoms with E-state index in [0.29, 0.717) is 15.8 Å². The molecule has 2 aromatic rings. The van der Waals surface area contributed by atoms with Gasteiger partial charge in [0, 0.05) is 5.02 Å². The Hall–Kier alpha value is -1.71. The Morgan fingerprint density at radius 1 is 1.18 bits per heavy atom. The van der Waals surface area contributed by atoms with Crippen molar-refractivity contribution in [2.24, 2.45) is 0 Å². The zero-order valence-electron chi connectivity index (χ0n) is 12.2. The average molecular weight is 338 g/mol. The lowest BCUT2D eigenvalue weighted by atomic mass is 10.0. The molecule has 0 fully saturated rings. The monoisotopic (exact) mass is 337 g/mol. The third kappa shape index (κ3) is 4.65. The van der Waals surface area contributed by atoms with E-state index in [9.17, 15) is 4.79 Å². The molecule has 0 spiro atoms. The van der Waals surface area contributed by atoms with Crippen LogP contribution in [0.25, 0.3) is 0 Å². The first-order valence-electron chi connectivity index (χ1n) is 7.02. The number of nitrogens with one attached hydrogen (secondary N) is 1. The number of rotatable bonds is 6. The van der Waals surface area contributed by atoms with Crippen molar-refractivity contribution in [2.75, 3.05) is 6.61 Å². The van der Waals surface area contributed by atoms with E-state index in [1.165, 1.54) is 0 Å². The van der Waals surface area contributed by atoms with Crippen LogP contribution in [0, 0.1) is 0 Å². The van der Waals surface area contributed by atoms with Gasteiger partial charge >= 0.3 is 0 Å². The standard InChI is InChI=1S/C17H17Cl2NO2/c1-2-15(12-6-4-3-5-7-12)20-17(21)11-22-16-9-8-13(18)10-14(16)19/h3-10,15H,2,11H2,1H3,(H,20,21)/t15-/m1/s1. The predicted molar refractivity (Wildman–Crippen MR) is 89.6 cm³/mol. The number of hydrogen-bond acceptors (Lipinski definition) is 2. The summed E-state index contributed by atoms with van der Waals surface area (Å²) in [4.78, 5) is 12.0. The maximum Gasteiger partial charge on any atom is 0.258 e. The highest BCUT2D eigenvalue weighted by atomic mass is 35.5. The number of benzene rings is 2. The first-order chi connectivity index (χ1) is 10.6. The summed E-state index contributed by atoms with van der Waals surface area (Å²) in [7, 11) is 0. The molecule has 0 aromatic heterocycles. The minimum atomic E-state index is -0.193. The first kappa shape index (κ1) is 16.7. The molecule has 0 bridgehead atoms. The summed E-state index contributed by atoms with van der Waals surface area (Å²) in [6.07, 6.45) is 0.803. The molecular weight excluding hydrogens is 321 g/mol. The fourth-order valence-corrected chi connectivity index (χ4v) is 2.54.